The molecule has 1 aliphatic heterocycles. The van der Waals surface area contributed by atoms with Crippen LogP contribution in [-0.2, 0) is 21.2 Å². The van der Waals surface area contributed by atoms with Crippen molar-refractivity contribution >= 4 is 56.1 Å². The summed E-state index contributed by atoms with van der Waals surface area (Å²) in [5.74, 6) is -0.277. The van der Waals surface area contributed by atoms with E-state index in [1.165, 1.54) is 4.90 Å². The zero-order chi connectivity index (χ0) is 25.2. The molecule has 1 atom stereocenters. The van der Waals surface area contributed by atoms with Crippen LogP contribution in [0, 0.1) is 0 Å². The highest BCUT2D eigenvalue weighted by molar-refractivity contribution is 7.90. The molecule has 0 fully saturated rings. The number of rotatable bonds is 5. The lowest BCUT2D eigenvalue weighted by Gasteiger charge is -2.22. The number of aliphatic imine (C=N–C) groups is 1. The van der Waals surface area contributed by atoms with Gasteiger partial charge in [-0.2, -0.15) is 0 Å². The fourth-order valence-electron chi connectivity index (χ4n) is 3.68. The SMILES string of the molecule is CN1C(=O)C(NC(=S)NCc2ccc(S(C)(=O)=O)cc2)N=C(c2ccccc2)c2cc(Cl)ccc21. The van der Waals surface area contributed by atoms with Crippen LogP contribution in [0.1, 0.15) is 16.7 Å². The minimum atomic E-state index is -3.26. The number of benzene rings is 3. The summed E-state index contributed by atoms with van der Waals surface area (Å²) in [7, 11) is -1.57. The molecule has 0 aromatic heterocycles. The first-order valence-electron chi connectivity index (χ1n) is 10.7. The molecule has 0 bridgehead atoms. The normalized spacial score (nSPS) is 15.6. The summed E-state index contributed by atoms with van der Waals surface area (Å²) in [6.45, 7) is 0.345. The van der Waals surface area contributed by atoms with Gasteiger partial charge in [-0.25, -0.2) is 13.4 Å². The quantitative estimate of drug-likeness (QED) is 0.494. The van der Waals surface area contributed by atoms with Crippen LogP contribution in [0.25, 0.3) is 0 Å². The number of amides is 1. The number of hydrogen-bond acceptors (Lipinski definition) is 5. The van der Waals surface area contributed by atoms with Crippen molar-refractivity contribution in [1.29, 1.82) is 0 Å². The standard InChI is InChI=1S/C25H23ClN4O3S2/c1-30-21-13-10-18(26)14-20(21)22(17-6-4-3-5-7-17)28-23(24(30)31)29-25(34)27-15-16-8-11-19(12-9-16)35(2,32)33/h3-14,23H,15H2,1-2H3,(H2,27,29,34). The molecule has 1 aliphatic rings. The zero-order valence-electron chi connectivity index (χ0n) is 19.0. The first-order chi connectivity index (χ1) is 16.6. The van der Waals surface area contributed by atoms with Crippen LogP contribution >= 0.6 is 23.8 Å². The number of thiocarbonyl (C=S) groups is 1. The fraction of sp³-hybridized carbons (Fsp3) is 0.160. The van der Waals surface area contributed by atoms with Gasteiger partial charge in [0.25, 0.3) is 5.91 Å². The highest BCUT2D eigenvalue weighted by Gasteiger charge is 2.30. The van der Waals surface area contributed by atoms with E-state index in [4.69, 9.17) is 28.8 Å². The van der Waals surface area contributed by atoms with Crippen molar-refractivity contribution in [2.45, 2.75) is 17.6 Å². The molecule has 7 nitrogen and oxygen atoms in total. The van der Waals surface area contributed by atoms with Crippen molar-refractivity contribution in [3.8, 4) is 0 Å². The van der Waals surface area contributed by atoms with Gasteiger partial charge in [-0.3, -0.25) is 4.79 Å². The molecule has 1 heterocycles. The molecule has 35 heavy (non-hydrogen) atoms. The molecule has 2 N–H and O–H groups in total. The van der Waals surface area contributed by atoms with E-state index in [1.807, 2.05) is 30.3 Å². The van der Waals surface area contributed by atoms with Crippen LogP contribution in [-0.4, -0.2) is 44.6 Å². The number of hydrogen-bond donors (Lipinski definition) is 2. The van der Waals surface area contributed by atoms with E-state index < -0.39 is 16.0 Å². The minimum absolute atomic E-state index is 0.240. The number of nitrogens with zero attached hydrogens (tertiary/aromatic N) is 2. The lowest BCUT2D eigenvalue weighted by molar-refractivity contribution is -0.119. The molecule has 1 unspecified atom stereocenters. The van der Waals surface area contributed by atoms with Gasteiger partial charge in [0.2, 0.25) is 6.17 Å². The van der Waals surface area contributed by atoms with Gasteiger partial charge in [0, 0.05) is 36.0 Å². The Kier molecular flexibility index (Phi) is 7.20. The van der Waals surface area contributed by atoms with Gasteiger partial charge in [-0.15, -0.1) is 0 Å². The average Bonchev–Trinajstić information content (AvgIpc) is 2.93. The second kappa shape index (κ2) is 10.2. The smallest absolute Gasteiger partial charge is 0.272 e. The number of carbonyl (C=O) groups excluding carboxylic acids is 1. The molecular formula is C25H23ClN4O3S2. The summed E-state index contributed by atoms with van der Waals surface area (Å²) in [5, 5.41) is 6.84. The van der Waals surface area contributed by atoms with Gasteiger partial charge in [-0.05, 0) is 48.1 Å². The maximum absolute atomic E-state index is 13.3. The third kappa shape index (κ3) is 5.70. The van der Waals surface area contributed by atoms with Crippen molar-refractivity contribution in [3.63, 3.8) is 0 Å². The molecule has 0 radical (unpaired) electrons. The monoisotopic (exact) mass is 526 g/mol. The van der Waals surface area contributed by atoms with Crippen molar-refractivity contribution in [3.05, 3.63) is 94.5 Å². The van der Waals surface area contributed by atoms with E-state index in [1.54, 1.807) is 49.5 Å². The zero-order valence-corrected chi connectivity index (χ0v) is 21.4. The van der Waals surface area contributed by atoms with Crippen LogP contribution < -0.4 is 15.5 Å². The second-order valence-corrected chi connectivity index (χ2v) is 10.9. The van der Waals surface area contributed by atoms with Gasteiger partial charge >= 0.3 is 0 Å². The van der Waals surface area contributed by atoms with Crippen LogP contribution in [0.3, 0.4) is 0 Å². The van der Waals surface area contributed by atoms with Gasteiger partial charge in [-0.1, -0.05) is 54.1 Å². The maximum atomic E-state index is 13.3. The van der Waals surface area contributed by atoms with E-state index in [-0.39, 0.29) is 15.9 Å². The highest BCUT2D eigenvalue weighted by Crippen LogP contribution is 2.29. The summed E-state index contributed by atoms with van der Waals surface area (Å²) < 4.78 is 23.3. The fourth-order valence-corrected chi connectivity index (χ4v) is 4.66. The molecule has 180 valence electrons. The molecule has 0 aliphatic carbocycles. The van der Waals surface area contributed by atoms with Gasteiger partial charge in [0.1, 0.15) is 0 Å². The van der Waals surface area contributed by atoms with E-state index in [0.717, 1.165) is 22.9 Å². The molecule has 0 saturated heterocycles. The Hall–Kier alpha value is -3.27. The van der Waals surface area contributed by atoms with Gasteiger partial charge in [0.05, 0.1) is 16.3 Å². The van der Waals surface area contributed by atoms with Crippen LogP contribution in [0.15, 0.2) is 82.7 Å². The highest BCUT2D eigenvalue weighted by atomic mass is 35.5. The molecular weight excluding hydrogens is 504 g/mol. The van der Waals surface area contributed by atoms with Gasteiger partial charge < -0.3 is 15.5 Å². The minimum Gasteiger partial charge on any atom is -0.359 e. The van der Waals surface area contributed by atoms with E-state index in [9.17, 15) is 13.2 Å². The van der Waals surface area contributed by atoms with Crippen LogP contribution in [0.5, 0.6) is 0 Å². The predicted octanol–water partition coefficient (Wildman–Crippen LogP) is 3.55. The molecule has 3 aromatic carbocycles. The lowest BCUT2D eigenvalue weighted by atomic mass is 10.0. The van der Waals surface area contributed by atoms with E-state index in [2.05, 4.69) is 10.6 Å². The number of fused-ring (bicyclic) bond motifs is 1. The lowest BCUT2D eigenvalue weighted by Crippen LogP contribution is -2.49. The first kappa shape index (κ1) is 24.8. The van der Waals surface area contributed by atoms with Crippen LogP contribution in [0.4, 0.5) is 5.69 Å². The average molecular weight is 527 g/mol. The molecule has 1 amide bonds. The maximum Gasteiger partial charge on any atom is 0.272 e. The third-order valence-electron chi connectivity index (χ3n) is 5.52. The Labute approximate surface area is 214 Å². The number of sulfone groups is 1. The molecule has 0 spiro atoms. The molecule has 0 saturated carbocycles. The van der Waals surface area contributed by atoms with Gasteiger partial charge in [0.15, 0.2) is 14.9 Å². The number of anilines is 1. The summed E-state index contributed by atoms with van der Waals surface area (Å²) >= 11 is 11.7. The summed E-state index contributed by atoms with van der Waals surface area (Å²) in [6, 6.07) is 21.4. The number of likely N-dealkylation sites (N-methyl/N-ethyl adjacent to an activating group) is 1. The Balaban J connectivity index is 1.57. The number of benzodiazepines with no additional fused rings is 1. The van der Waals surface area contributed by atoms with Crippen molar-refractivity contribution < 1.29 is 13.2 Å². The van der Waals surface area contributed by atoms with Crippen molar-refractivity contribution in [1.82, 2.24) is 10.6 Å². The second-order valence-electron chi connectivity index (χ2n) is 8.05. The molecule has 3 aromatic rings. The molecule has 4 rings (SSSR count). The van der Waals surface area contributed by atoms with Crippen molar-refractivity contribution in [2.24, 2.45) is 4.99 Å². The van der Waals surface area contributed by atoms with Crippen molar-refractivity contribution in [2.75, 3.05) is 18.2 Å². The Bertz CT molecular complexity index is 1410. The first-order valence-corrected chi connectivity index (χ1v) is 13.4. The Morgan fingerprint density at radius 1 is 1.09 bits per heavy atom. The Morgan fingerprint density at radius 3 is 2.43 bits per heavy atom. The van der Waals surface area contributed by atoms with Crippen LogP contribution in [0.2, 0.25) is 5.02 Å². The summed E-state index contributed by atoms with van der Waals surface area (Å²) in [5.41, 5.74) is 3.74. The largest absolute Gasteiger partial charge is 0.359 e. The third-order valence-corrected chi connectivity index (χ3v) is 7.14. The topological polar surface area (TPSA) is 90.9 Å². The predicted molar refractivity (Wildman–Crippen MR) is 143 cm³/mol. The Morgan fingerprint density at radius 2 is 1.77 bits per heavy atom. The number of carbonyl (C=O) groups is 1. The molecule has 10 heteroatoms. The van der Waals surface area contributed by atoms with E-state index >= 15 is 0 Å². The van der Waals surface area contributed by atoms with E-state index in [0.29, 0.717) is 23.0 Å². The summed E-state index contributed by atoms with van der Waals surface area (Å²) in [4.78, 5) is 19.8. The summed E-state index contributed by atoms with van der Waals surface area (Å²) in [6.07, 6.45) is 0.199. The number of nitrogens with one attached hydrogen (secondary N) is 2. The number of halogens is 1.